The molecule has 0 unspecified atom stereocenters. The number of ketones is 1. The molecular weight excluding hydrogens is 256 g/mol. The van der Waals surface area contributed by atoms with Crippen molar-refractivity contribution in [2.45, 2.75) is 19.3 Å². The fourth-order valence-corrected chi connectivity index (χ4v) is 1.90. The molecule has 0 amide bonds. The van der Waals surface area contributed by atoms with Gasteiger partial charge in [-0.05, 0) is 24.3 Å². The molecule has 1 heteroatoms. The number of carbonyl (C=O) groups excluding carboxylic acids is 1. The van der Waals surface area contributed by atoms with Gasteiger partial charge in [0.2, 0.25) is 5.78 Å². The number of hydrogen-bond donors (Lipinski definition) is 0. The van der Waals surface area contributed by atoms with E-state index in [0.717, 1.165) is 19.3 Å². The Morgan fingerprint density at radius 1 is 0.952 bits per heavy atom. The van der Waals surface area contributed by atoms with Crippen molar-refractivity contribution >= 4 is 11.9 Å². The molecule has 21 heavy (non-hydrogen) atoms. The van der Waals surface area contributed by atoms with Crippen LogP contribution in [0, 0.1) is 11.8 Å². The van der Waals surface area contributed by atoms with Crippen LogP contribution in [0.2, 0.25) is 0 Å². The first-order chi connectivity index (χ1) is 10.4. The largest absolute Gasteiger partial charge is 0.279 e. The highest BCUT2D eigenvalue weighted by Crippen LogP contribution is 2.04. The van der Waals surface area contributed by atoms with Crippen molar-refractivity contribution in [1.29, 1.82) is 0 Å². The van der Waals surface area contributed by atoms with Gasteiger partial charge in [-0.15, -0.1) is 0 Å². The van der Waals surface area contributed by atoms with Gasteiger partial charge >= 0.3 is 0 Å². The summed E-state index contributed by atoms with van der Waals surface area (Å²) in [6, 6.07) is 19.4. The molecule has 2 aromatic rings. The summed E-state index contributed by atoms with van der Waals surface area (Å²) in [5.41, 5.74) is 1.87. The van der Waals surface area contributed by atoms with E-state index in [9.17, 15) is 4.79 Å². The van der Waals surface area contributed by atoms with Crippen LogP contribution in [0.4, 0.5) is 0 Å². The first-order valence-electron chi connectivity index (χ1n) is 7.16. The molecule has 0 radical (unpaired) electrons. The predicted molar refractivity (Wildman–Crippen MR) is 87.9 cm³/mol. The molecule has 0 atom stereocenters. The van der Waals surface area contributed by atoms with Crippen LogP contribution in [0.3, 0.4) is 0 Å². The van der Waals surface area contributed by atoms with Crippen molar-refractivity contribution in [2.75, 3.05) is 0 Å². The topological polar surface area (TPSA) is 17.1 Å². The minimum absolute atomic E-state index is 0.101. The van der Waals surface area contributed by atoms with Crippen molar-refractivity contribution in [3.8, 4) is 11.8 Å². The minimum Gasteiger partial charge on any atom is -0.279 e. The number of hydrogen-bond acceptors (Lipinski definition) is 1. The van der Waals surface area contributed by atoms with Gasteiger partial charge in [-0.25, -0.2) is 0 Å². The van der Waals surface area contributed by atoms with Crippen LogP contribution in [-0.2, 0) is 0 Å². The summed E-state index contributed by atoms with van der Waals surface area (Å²) in [6.45, 7) is 0. The van der Waals surface area contributed by atoms with E-state index in [1.807, 2.05) is 36.4 Å². The van der Waals surface area contributed by atoms with Crippen LogP contribution in [0.1, 0.15) is 35.2 Å². The maximum Gasteiger partial charge on any atom is 0.235 e. The molecule has 0 heterocycles. The monoisotopic (exact) mass is 274 g/mol. The molecule has 0 fully saturated rings. The molecule has 0 aliphatic heterocycles. The van der Waals surface area contributed by atoms with Crippen LogP contribution in [0.5, 0.6) is 0 Å². The van der Waals surface area contributed by atoms with Crippen molar-refractivity contribution in [1.82, 2.24) is 0 Å². The second-order valence-corrected chi connectivity index (χ2v) is 4.70. The van der Waals surface area contributed by atoms with E-state index in [2.05, 4.69) is 36.1 Å². The molecule has 104 valence electrons. The average molecular weight is 274 g/mol. The molecule has 0 N–H and O–H groups in total. The zero-order valence-electron chi connectivity index (χ0n) is 12.0. The number of unbranched alkanes of at least 4 members (excludes halogenated alkanes) is 2. The average Bonchev–Trinajstić information content (AvgIpc) is 2.55. The van der Waals surface area contributed by atoms with Crippen molar-refractivity contribution in [3.63, 3.8) is 0 Å². The molecular formula is C20H18O. The zero-order valence-corrected chi connectivity index (χ0v) is 12.0. The number of allylic oxidation sites excluding steroid dienone is 1. The Bertz CT molecular complexity index is 642. The van der Waals surface area contributed by atoms with E-state index in [1.165, 1.54) is 5.56 Å². The smallest absolute Gasteiger partial charge is 0.235 e. The summed E-state index contributed by atoms with van der Waals surface area (Å²) in [5.74, 6) is 5.54. The normalized spacial score (nSPS) is 10.1. The van der Waals surface area contributed by atoms with Gasteiger partial charge in [-0.1, -0.05) is 78.7 Å². The molecule has 0 aliphatic rings. The lowest BCUT2D eigenvalue weighted by atomic mass is 10.1. The fraction of sp³-hybridized carbons (Fsp3) is 0.150. The Hall–Kier alpha value is -2.59. The van der Waals surface area contributed by atoms with Crippen molar-refractivity contribution in [3.05, 3.63) is 77.9 Å². The first-order valence-corrected chi connectivity index (χ1v) is 7.16. The number of carbonyl (C=O) groups is 1. The van der Waals surface area contributed by atoms with Crippen LogP contribution in [-0.4, -0.2) is 5.78 Å². The number of rotatable bonds is 5. The van der Waals surface area contributed by atoms with E-state index in [1.54, 1.807) is 12.1 Å². The maximum atomic E-state index is 11.7. The minimum atomic E-state index is -0.101. The summed E-state index contributed by atoms with van der Waals surface area (Å²) >= 11 is 0. The summed E-state index contributed by atoms with van der Waals surface area (Å²) < 4.78 is 0. The predicted octanol–water partition coefficient (Wildman–Crippen LogP) is 4.76. The standard InChI is InChI=1S/C20H18O/c21-20(19-15-9-5-10-16-19)17-11-3-1-2-6-12-18-13-7-4-8-14-18/h4-10,12-16H,1-3H2. The molecule has 0 aliphatic carbocycles. The molecule has 0 bridgehead atoms. The quantitative estimate of drug-likeness (QED) is 0.332. The second kappa shape index (κ2) is 8.55. The van der Waals surface area contributed by atoms with Crippen molar-refractivity contribution in [2.24, 2.45) is 0 Å². The van der Waals surface area contributed by atoms with Gasteiger partial charge in [0.15, 0.2) is 0 Å². The number of Topliss-reactive ketones (excluding diaryl/α,β-unsaturated/α-hetero) is 1. The van der Waals surface area contributed by atoms with E-state index >= 15 is 0 Å². The maximum absolute atomic E-state index is 11.7. The van der Waals surface area contributed by atoms with E-state index in [0.29, 0.717) is 5.56 Å². The summed E-state index contributed by atoms with van der Waals surface area (Å²) in [6.07, 6.45) is 6.96. The highest BCUT2D eigenvalue weighted by Gasteiger charge is 1.98. The van der Waals surface area contributed by atoms with E-state index in [-0.39, 0.29) is 5.78 Å². The molecule has 2 aromatic carbocycles. The SMILES string of the molecule is O=C(C#CCCCC=Cc1ccccc1)c1ccccc1. The Labute approximate surface area is 126 Å². The van der Waals surface area contributed by atoms with Gasteiger partial charge in [0.05, 0.1) is 0 Å². The Balaban J connectivity index is 1.70. The highest BCUT2D eigenvalue weighted by molar-refractivity contribution is 6.08. The van der Waals surface area contributed by atoms with Gasteiger partial charge in [0.1, 0.15) is 0 Å². The third-order valence-electron chi connectivity index (χ3n) is 3.02. The van der Waals surface area contributed by atoms with Crippen LogP contribution in [0.15, 0.2) is 66.7 Å². The molecule has 0 saturated heterocycles. The van der Waals surface area contributed by atoms with Crippen molar-refractivity contribution < 1.29 is 4.79 Å². The van der Waals surface area contributed by atoms with E-state index in [4.69, 9.17) is 0 Å². The molecule has 0 saturated carbocycles. The third kappa shape index (κ3) is 5.50. The second-order valence-electron chi connectivity index (χ2n) is 4.70. The van der Waals surface area contributed by atoms with Crippen LogP contribution in [0.25, 0.3) is 6.08 Å². The summed E-state index contributed by atoms with van der Waals surface area (Å²) in [7, 11) is 0. The third-order valence-corrected chi connectivity index (χ3v) is 3.02. The lowest BCUT2D eigenvalue weighted by Crippen LogP contribution is -1.93. The van der Waals surface area contributed by atoms with Crippen LogP contribution >= 0.6 is 0 Å². The molecule has 2 rings (SSSR count). The molecule has 0 spiro atoms. The summed E-state index contributed by atoms with van der Waals surface area (Å²) in [4.78, 5) is 11.7. The first kappa shape index (κ1) is 14.8. The molecule has 0 aromatic heterocycles. The van der Waals surface area contributed by atoms with Crippen LogP contribution < -0.4 is 0 Å². The van der Waals surface area contributed by atoms with Gasteiger partial charge in [0, 0.05) is 12.0 Å². The Morgan fingerprint density at radius 2 is 1.62 bits per heavy atom. The van der Waals surface area contributed by atoms with E-state index < -0.39 is 0 Å². The lowest BCUT2D eigenvalue weighted by molar-refractivity contribution is 0.105. The zero-order chi connectivity index (χ0) is 14.8. The van der Waals surface area contributed by atoms with Gasteiger partial charge in [-0.2, -0.15) is 0 Å². The van der Waals surface area contributed by atoms with Gasteiger partial charge in [0.25, 0.3) is 0 Å². The van der Waals surface area contributed by atoms with Gasteiger partial charge < -0.3 is 0 Å². The lowest BCUT2D eigenvalue weighted by Gasteiger charge is -1.92. The highest BCUT2D eigenvalue weighted by atomic mass is 16.1. The Morgan fingerprint density at radius 3 is 2.33 bits per heavy atom. The van der Waals surface area contributed by atoms with Gasteiger partial charge in [-0.3, -0.25) is 4.79 Å². The Kier molecular flexibility index (Phi) is 6.03. The molecule has 1 nitrogen and oxygen atoms in total. The summed E-state index contributed by atoms with van der Waals surface area (Å²) in [5, 5.41) is 0. The fourth-order valence-electron chi connectivity index (χ4n) is 1.90. The number of benzene rings is 2.